The first-order chi connectivity index (χ1) is 15.1. The third-order valence-electron chi connectivity index (χ3n) is 5.45. The normalized spacial score (nSPS) is 16.6. The first-order valence-corrected chi connectivity index (χ1v) is 9.74. The molecule has 3 heterocycles. The molecule has 0 spiro atoms. The number of aromatic nitrogens is 4. The Bertz CT molecular complexity index is 1390. The first kappa shape index (κ1) is 21.5. The highest BCUT2D eigenvalue weighted by molar-refractivity contribution is 5.94. The molecule has 12 heteroatoms. The van der Waals surface area contributed by atoms with Gasteiger partial charge in [-0.1, -0.05) is 12.1 Å². The number of carbonyl (C=O) groups excluding carboxylic acids is 1. The second-order valence-electron chi connectivity index (χ2n) is 7.52. The molecule has 4 rings (SSSR count). The van der Waals surface area contributed by atoms with E-state index in [1.54, 1.807) is 6.07 Å². The summed E-state index contributed by atoms with van der Waals surface area (Å²) in [5.74, 6) is -0.955. The van der Waals surface area contributed by atoms with Crippen molar-refractivity contribution in [3.8, 4) is 0 Å². The lowest BCUT2D eigenvalue weighted by molar-refractivity contribution is -0.141. The lowest BCUT2D eigenvalue weighted by Crippen LogP contribution is -2.42. The maximum Gasteiger partial charge on any atom is 0.406 e. The van der Waals surface area contributed by atoms with Gasteiger partial charge in [0.15, 0.2) is 0 Å². The van der Waals surface area contributed by atoms with Crippen molar-refractivity contribution in [2.75, 3.05) is 6.54 Å². The summed E-state index contributed by atoms with van der Waals surface area (Å²) in [6, 6.07) is 5.09. The zero-order chi connectivity index (χ0) is 23.2. The third-order valence-corrected chi connectivity index (χ3v) is 5.45. The van der Waals surface area contributed by atoms with Gasteiger partial charge in [0.05, 0.1) is 16.9 Å². The van der Waals surface area contributed by atoms with E-state index in [2.05, 4.69) is 9.97 Å². The van der Waals surface area contributed by atoms with Crippen LogP contribution in [0.3, 0.4) is 0 Å². The minimum absolute atomic E-state index is 0.0332. The summed E-state index contributed by atoms with van der Waals surface area (Å²) < 4.78 is 41.2. The van der Waals surface area contributed by atoms with E-state index >= 15 is 0 Å². The maximum atomic E-state index is 13.3. The zero-order valence-corrected chi connectivity index (χ0v) is 16.8. The van der Waals surface area contributed by atoms with E-state index in [9.17, 15) is 32.3 Å². The number of nitrogens with zero attached hydrogens (tertiary/aromatic N) is 4. The van der Waals surface area contributed by atoms with Crippen LogP contribution in [0.25, 0.3) is 10.9 Å². The van der Waals surface area contributed by atoms with Crippen molar-refractivity contribution in [1.82, 2.24) is 24.0 Å². The molecule has 2 aromatic heterocycles. The monoisotopic (exact) mass is 449 g/mol. The van der Waals surface area contributed by atoms with Gasteiger partial charge in [-0.05, 0) is 25.0 Å². The van der Waals surface area contributed by atoms with Crippen molar-refractivity contribution in [2.45, 2.75) is 31.6 Å². The van der Waals surface area contributed by atoms with E-state index in [0.717, 1.165) is 10.8 Å². The number of alkyl halides is 3. The third kappa shape index (κ3) is 3.72. The Balaban J connectivity index is 1.86. The predicted molar refractivity (Wildman–Crippen MR) is 107 cm³/mol. The number of amides is 1. The molecule has 0 bridgehead atoms. The van der Waals surface area contributed by atoms with Crippen LogP contribution < -0.4 is 16.8 Å². The zero-order valence-electron chi connectivity index (χ0n) is 16.8. The van der Waals surface area contributed by atoms with Crippen molar-refractivity contribution in [3.05, 3.63) is 73.0 Å². The van der Waals surface area contributed by atoms with E-state index in [4.69, 9.17) is 0 Å². The van der Waals surface area contributed by atoms with E-state index < -0.39 is 41.5 Å². The van der Waals surface area contributed by atoms with Crippen molar-refractivity contribution >= 4 is 16.8 Å². The number of rotatable bonds is 3. The molecule has 0 radical (unpaired) electrons. The summed E-state index contributed by atoms with van der Waals surface area (Å²) in [6.45, 7) is -1.40. The molecule has 0 aliphatic carbocycles. The molecule has 168 valence electrons. The number of hydrogen-bond donors (Lipinski definition) is 1. The van der Waals surface area contributed by atoms with Crippen LogP contribution in [0.5, 0.6) is 0 Å². The summed E-state index contributed by atoms with van der Waals surface area (Å²) in [5.41, 5.74) is -2.51. The highest BCUT2D eigenvalue weighted by Crippen LogP contribution is 2.33. The summed E-state index contributed by atoms with van der Waals surface area (Å²) in [5, 5.41) is 0.0332. The fourth-order valence-corrected chi connectivity index (χ4v) is 3.92. The van der Waals surface area contributed by atoms with E-state index in [1.165, 1.54) is 30.1 Å². The van der Waals surface area contributed by atoms with Gasteiger partial charge in [0.25, 0.3) is 17.0 Å². The standard InChI is InChI=1S/C20H18F3N5O4/c1-26-16(29)12(9-24-19(26)32)18(31)27-8-4-7-14(27)15-25-13-6-3-2-5-11(13)17(30)28(15)10-20(21,22)23/h2-3,5-6,9,14H,4,7-8,10H2,1H3,(H,24,32). The average Bonchev–Trinajstić information content (AvgIpc) is 3.22. The molecule has 9 nitrogen and oxygen atoms in total. The number of H-pyrrole nitrogens is 1. The Morgan fingerprint density at radius 1 is 1.19 bits per heavy atom. The predicted octanol–water partition coefficient (Wildman–Crippen LogP) is 1.32. The van der Waals surface area contributed by atoms with Crippen LogP contribution in [0.4, 0.5) is 13.2 Å². The summed E-state index contributed by atoms with van der Waals surface area (Å²) >= 11 is 0. The fraction of sp³-hybridized carbons (Fsp3) is 0.350. The first-order valence-electron chi connectivity index (χ1n) is 9.74. The lowest BCUT2D eigenvalue weighted by atomic mass is 10.1. The molecule has 32 heavy (non-hydrogen) atoms. The molecule has 1 saturated heterocycles. The van der Waals surface area contributed by atoms with Gasteiger partial charge in [-0.2, -0.15) is 13.2 Å². The summed E-state index contributed by atoms with van der Waals surface area (Å²) in [6.07, 6.45) is -3.00. The Hall–Kier alpha value is -3.70. The quantitative estimate of drug-likeness (QED) is 0.649. The van der Waals surface area contributed by atoms with Crippen molar-refractivity contribution in [1.29, 1.82) is 0 Å². The molecule has 1 atom stereocenters. The second-order valence-corrected chi connectivity index (χ2v) is 7.52. The molecular formula is C20H18F3N5O4. The van der Waals surface area contributed by atoms with Gasteiger partial charge < -0.3 is 9.88 Å². The van der Waals surface area contributed by atoms with Crippen LogP contribution in [-0.2, 0) is 13.6 Å². The number of hydrogen-bond acceptors (Lipinski definition) is 5. The highest BCUT2D eigenvalue weighted by atomic mass is 19.4. The lowest BCUT2D eigenvalue weighted by Gasteiger charge is -2.27. The summed E-state index contributed by atoms with van der Waals surface area (Å²) in [4.78, 5) is 57.8. The maximum absolute atomic E-state index is 13.3. The van der Waals surface area contributed by atoms with Gasteiger partial charge in [0.1, 0.15) is 17.9 Å². The molecule has 1 aliphatic heterocycles. The largest absolute Gasteiger partial charge is 0.406 e. The molecule has 0 saturated carbocycles. The fourth-order valence-electron chi connectivity index (χ4n) is 3.92. The number of carbonyl (C=O) groups is 1. The van der Waals surface area contributed by atoms with Gasteiger partial charge >= 0.3 is 11.9 Å². The van der Waals surface area contributed by atoms with Crippen molar-refractivity contribution < 1.29 is 18.0 Å². The Kier molecular flexibility index (Phi) is 5.23. The topological polar surface area (TPSA) is 110 Å². The number of halogens is 3. The second kappa shape index (κ2) is 7.77. The van der Waals surface area contributed by atoms with E-state index in [1.807, 2.05) is 0 Å². The van der Waals surface area contributed by atoms with Crippen LogP contribution in [0, 0.1) is 0 Å². The van der Waals surface area contributed by atoms with Gasteiger partial charge in [-0.25, -0.2) is 9.78 Å². The number of aromatic amines is 1. The Labute approximate surface area is 177 Å². The van der Waals surface area contributed by atoms with Crippen LogP contribution >= 0.6 is 0 Å². The molecular weight excluding hydrogens is 431 g/mol. The van der Waals surface area contributed by atoms with Crippen molar-refractivity contribution in [3.63, 3.8) is 0 Å². The number of fused-ring (bicyclic) bond motifs is 1. The minimum atomic E-state index is -4.69. The Morgan fingerprint density at radius 2 is 1.91 bits per heavy atom. The molecule has 1 fully saturated rings. The number of nitrogens with one attached hydrogen (secondary N) is 1. The van der Waals surface area contributed by atoms with Crippen LogP contribution in [-0.4, -0.2) is 42.6 Å². The number of likely N-dealkylation sites (tertiary alicyclic amines) is 1. The highest BCUT2D eigenvalue weighted by Gasteiger charge is 2.38. The number of para-hydroxylation sites is 1. The Morgan fingerprint density at radius 3 is 2.62 bits per heavy atom. The van der Waals surface area contributed by atoms with Gasteiger partial charge in [-0.15, -0.1) is 0 Å². The smallest absolute Gasteiger partial charge is 0.328 e. The molecule has 1 aliphatic rings. The van der Waals surface area contributed by atoms with Crippen LogP contribution in [0.15, 0.2) is 44.8 Å². The van der Waals surface area contributed by atoms with Crippen molar-refractivity contribution in [2.24, 2.45) is 7.05 Å². The van der Waals surface area contributed by atoms with Crippen LogP contribution in [0.1, 0.15) is 35.1 Å². The minimum Gasteiger partial charge on any atom is -0.328 e. The molecule has 1 N–H and O–H groups in total. The number of benzene rings is 1. The average molecular weight is 449 g/mol. The van der Waals surface area contributed by atoms with E-state index in [0.29, 0.717) is 11.0 Å². The molecule has 3 aromatic rings. The summed E-state index contributed by atoms with van der Waals surface area (Å²) in [7, 11) is 1.20. The van der Waals surface area contributed by atoms with Gasteiger partial charge in [0, 0.05) is 19.8 Å². The molecule has 1 unspecified atom stereocenters. The van der Waals surface area contributed by atoms with Gasteiger partial charge in [0.2, 0.25) is 0 Å². The van der Waals surface area contributed by atoms with Crippen LogP contribution in [0.2, 0.25) is 0 Å². The van der Waals surface area contributed by atoms with E-state index in [-0.39, 0.29) is 35.3 Å². The molecule has 1 aromatic carbocycles. The SMILES string of the molecule is Cn1c(=O)[nH]cc(C(=O)N2CCCC2c2nc3ccccc3c(=O)n2CC(F)(F)F)c1=O. The molecule has 1 amide bonds. The van der Waals surface area contributed by atoms with Gasteiger partial charge in [-0.3, -0.25) is 23.5 Å².